The molecule has 0 spiro atoms. The summed E-state index contributed by atoms with van der Waals surface area (Å²) in [7, 11) is -2.11. The molecule has 26 heavy (non-hydrogen) atoms. The fourth-order valence-electron chi connectivity index (χ4n) is 3.04. The lowest BCUT2D eigenvalue weighted by Gasteiger charge is -2.34. The molecule has 9 heteroatoms. The van der Waals surface area contributed by atoms with E-state index in [9.17, 15) is 18.0 Å². The summed E-state index contributed by atoms with van der Waals surface area (Å²) in [4.78, 5) is 24.6. The van der Waals surface area contributed by atoms with Gasteiger partial charge in [0, 0.05) is 7.05 Å². The molecule has 1 aliphatic heterocycles. The van der Waals surface area contributed by atoms with Crippen LogP contribution in [0.1, 0.15) is 18.1 Å². The highest BCUT2D eigenvalue weighted by Crippen LogP contribution is 2.21. The van der Waals surface area contributed by atoms with Crippen molar-refractivity contribution in [3.8, 4) is 0 Å². The summed E-state index contributed by atoms with van der Waals surface area (Å²) in [6.07, 6.45) is 0. The summed E-state index contributed by atoms with van der Waals surface area (Å²) < 4.78 is 27.4. The molecule has 1 aromatic rings. The summed E-state index contributed by atoms with van der Waals surface area (Å²) in [5, 5.41) is 4.61. The Morgan fingerprint density at radius 1 is 1.19 bits per heavy atom. The largest absolute Gasteiger partial charge is 0.341 e. The van der Waals surface area contributed by atoms with E-state index in [1.165, 1.54) is 11.4 Å². The predicted octanol–water partition coefficient (Wildman–Crippen LogP) is -0.963. The Morgan fingerprint density at radius 3 is 2.38 bits per heavy atom. The molecular weight excluding hydrogens is 356 g/mol. The van der Waals surface area contributed by atoms with E-state index in [-0.39, 0.29) is 5.91 Å². The smallest absolute Gasteiger partial charge is 0.321 e. The summed E-state index contributed by atoms with van der Waals surface area (Å²) in [6.45, 7) is 7.08. The Bertz CT molecular complexity index is 786. The standard InChI is InChI=1S/C17H26N4O4S/c1-12-5-6-13(2)15(11-12)26(24,25)21-9-7-20(8-10-21)14(3)16(22)19-17(23)18-4/h5-6,11,14H,7-10H2,1-4H3,(H2,18,19,22,23)/p+1/t14-/m1/s1. The summed E-state index contributed by atoms with van der Waals surface area (Å²) in [5.41, 5.74) is 1.63. The Labute approximate surface area is 154 Å². The van der Waals surface area contributed by atoms with Crippen molar-refractivity contribution in [3.63, 3.8) is 0 Å². The van der Waals surface area contributed by atoms with Crippen molar-refractivity contribution in [3.05, 3.63) is 29.3 Å². The maximum atomic E-state index is 12.9. The molecular formula is C17H27N4O4S+. The lowest BCUT2D eigenvalue weighted by atomic mass is 10.2. The van der Waals surface area contributed by atoms with E-state index in [4.69, 9.17) is 0 Å². The monoisotopic (exact) mass is 383 g/mol. The Morgan fingerprint density at radius 2 is 1.81 bits per heavy atom. The van der Waals surface area contributed by atoms with E-state index in [1.807, 2.05) is 19.1 Å². The number of imide groups is 1. The van der Waals surface area contributed by atoms with Gasteiger partial charge in [-0.3, -0.25) is 10.1 Å². The number of amides is 3. The van der Waals surface area contributed by atoms with Crippen LogP contribution in [0.15, 0.2) is 23.1 Å². The molecule has 2 rings (SSSR count). The second kappa shape index (κ2) is 8.15. The zero-order chi connectivity index (χ0) is 19.5. The number of carbonyl (C=O) groups is 2. The molecule has 1 fully saturated rings. The van der Waals surface area contributed by atoms with Crippen LogP contribution in [-0.4, -0.2) is 63.9 Å². The van der Waals surface area contributed by atoms with E-state index in [0.29, 0.717) is 31.1 Å². The first-order valence-electron chi connectivity index (χ1n) is 8.61. The van der Waals surface area contributed by atoms with Crippen LogP contribution in [0.5, 0.6) is 0 Å². The second-order valence-corrected chi connectivity index (χ2v) is 8.53. The molecule has 3 N–H and O–H groups in total. The maximum absolute atomic E-state index is 12.9. The SMILES string of the molecule is CNC(=O)NC(=O)[C@@H](C)[NH+]1CCN(S(=O)(=O)c2cc(C)ccc2C)CC1. The van der Waals surface area contributed by atoms with Crippen molar-refractivity contribution in [2.45, 2.75) is 31.7 Å². The Balaban J connectivity index is 2.04. The van der Waals surface area contributed by atoms with E-state index >= 15 is 0 Å². The molecule has 1 saturated heterocycles. The van der Waals surface area contributed by atoms with Crippen LogP contribution < -0.4 is 15.5 Å². The molecule has 1 aromatic carbocycles. The lowest BCUT2D eigenvalue weighted by Crippen LogP contribution is -3.19. The first-order chi connectivity index (χ1) is 12.2. The molecule has 8 nitrogen and oxygen atoms in total. The lowest BCUT2D eigenvalue weighted by molar-refractivity contribution is -0.917. The topological polar surface area (TPSA) is 100 Å². The Kier molecular flexibility index (Phi) is 6.38. The van der Waals surface area contributed by atoms with Crippen LogP contribution in [0.4, 0.5) is 4.79 Å². The predicted molar refractivity (Wildman–Crippen MR) is 97.4 cm³/mol. The van der Waals surface area contributed by atoms with Crippen molar-refractivity contribution >= 4 is 22.0 Å². The molecule has 1 aliphatic rings. The van der Waals surface area contributed by atoms with Crippen LogP contribution in [-0.2, 0) is 14.8 Å². The number of urea groups is 1. The summed E-state index contributed by atoms with van der Waals surface area (Å²) >= 11 is 0. The van der Waals surface area contributed by atoms with Gasteiger partial charge >= 0.3 is 6.03 Å². The van der Waals surface area contributed by atoms with Gasteiger partial charge in [0.1, 0.15) is 0 Å². The molecule has 1 heterocycles. The molecule has 0 aromatic heterocycles. The normalized spacial score (nSPS) is 17.5. The summed E-state index contributed by atoms with van der Waals surface area (Å²) in [5.74, 6) is -0.370. The van der Waals surface area contributed by atoms with Crippen molar-refractivity contribution < 1.29 is 22.9 Å². The second-order valence-electron chi connectivity index (χ2n) is 6.62. The van der Waals surface area contributed by atoms with Gasteiger partial charge in [-0.15, -0.1) is 0 Å². The van der Waals surface area contributed by atoms with E-state index < -0.39 is 22.1 Å². The first kappa shape index (κ1) is 20.3. The van der Waals surface area contributed by atoms with Gasteiger partial charge in [0.05, 0.1) is 31.1 Å². The maximum Gasteiger partial charge on any atom is 0.321 e. The number of quaternary nitrogens is 1. The summed E-state index contributed by atoms with van der Waals surface area (Å²) in [6, 6.07) is 4.43. The van der Waals surface area contributed by atoms with Crippen LogP contribution in [0.2, 0.25) is 0 Å². The zero-order valence-electron chi connectivity index (χ0n) is 15.6. The number of nitrogens with one attached hydrogen (secondary N) is 3. The number of rotatable bonds is 4. The molecule has 0 radical (unpaired) electrons. The minimum Gasteiger partial charge on any atom is -0.341 e. The highest BCUT2D eigenvalue weighted by Gasteiger charge is 2.35. The number of sulfonamides is 1. The fourth-order valence-corrected chi connectivity index (χ4v) is 4.79. The van der Waals surface area contributed by atoms with Gasteiger partial charge in [0.25, 0.3) is 5.91 Å². The zero-order valence-corrected chi connectivity index (χ0v) is 16.4. The van der Waals surface area contributed by atoms with Crippen molar-refractivity contribution in [2.24, 2.45) is 0 Å². The van der Waals surface area contributed by atoms with Crippen LogP contribution in [0.25, 0.3) is 0 Å². The number of nitrogens with zero attached hydrogens (tertiary/aromatic N) is 1. The van der Waals surface area contributed by atoms with E-state index in [2.05, 4.69) is 10.6 Å². The number of aryl methyl sites for hydroxylation is 2. The van der Waals surface area contributed by atoms with Gasteiger partial charge in [-0.2, -0.15) is 4.31 Å². The molecule has 1 atom stereocenters. The first-order valence-corrected chi connectivity index (χ1v) is 10.1. The number of hydrogen-bond acceptors (Lipinski definition) is 4. The third kappa shape index (κ3) is 4.40. The molecule has 3 amide bonds. The van der Waals surface area contributed by atoms with E-state index in [1.54, 1.807) is 19.9 Å². The number of carbonyl (C=O) groups excluding carboxylic acids is 2. The van der Waals surface area contributed by atoms with Crippen LogP contribution >= 0.6 is 0 Å². The minimum atomic E-state index is -3.55. The van der Waals surface area contributed by atoms with Crippen LogP contribution in [0.3, 0.4) is 0 Å². The average molecular weight is 383 g/mol. The van der Waals surface area contributed by atoms with Crippen LogP contribution in [0, 0.1) is 13.8 Å². The molecule has 0 saturated carbocycles. The highest BCUT2D eigenvalue weighted by molar-refractivity contribution is 7.89. The van der Waals surface area contributed by atoms with Gasteiger partial charge in [-0.25, -0.2) is 13.2 Å². The third-order valence-corrected chi connectivity index (χ3v) is 6.84. The van der Waals surface area contributed by atoms with E-state index in [0.717, 1.165) is 16.0 Å². The molecule has 0 bridgehead atoms. The van der Waals surface area contributed by atoms with Gasteiger partial charge in [-0.1, -0.05) is 12.1 Å². The molecule has 144 valence electrons. The highest BCUT2D eigenvalue weighted by atomic mass is 32.2. The van der Waals surface area contributed by atoms with Crippen molar-refractivity contribution in [1.29, 1.82) is 0 Å². The third-order valence-electron chi connectivity index (χ3n) is 4.80. The van der Waals surface area contributed by atoms with Crippen molar-refractivity contribution in [1.82, 2.24) is 14.9 Å². The quantitative estimate of drug-likeness (QED) is 0.623. The average Bonchev–Trinajstić information content (AvgIpc) is 2.62. The molecule has 0 unspecified atom stereocenters. The van der Waals surface area contributed by atoms with Gasteiger partial charge in [0.15, 0.2) is 6.04 Å². The molecule has 0 aliphatic carbocycles. The fraction of sp³-hybridized carbons (Fsp3) is 0.529. The Hall–Kier alpha value is -1.97. The number of hydrogen-bond donors (Lipinski definition) is 3. The van der Waals surface area contributed by atoms with Gasteiger partial charge in [-0.05, 0) is 38.0 Å². The minimum absolute atomic E-state index is 0.336. The van der Waals surface area contributed by atoms with Gasteiger partial charge in [0.2, 0.25) is 10.0 Å². The van der Waals surface area contributed by atoms with Crippen molar-refractivity contribution in [2.75, 3.05) is 33.2 Å². The number of benzene rings is 1. The van der Waals surface area contributed by atoms with Gasteiger partial charge < -0.3 is 10.2 Å². The number of piperazine rings is 1.